The minimum Gasteiger partial charge on any atom is -0.273 e. The fraction of sp³-hybridized carbons (Fsp3) is 0.636. The molecule has 0 spiro atoms. The molecule has 16 heavy (non-hydrogen) atoms. The minimum absolute atomic E-state index is 0.254. The lowest BCUT2D eigenvalue weighted by atomic mass is 10.2. The SMILES string of the molecule is CCc1cc(C(=O)NOCC(C)C)n(C)n1. The van der Waals surface area contributed by atoms with Crippen molar-refractivity contribution in [3.8, 4) is 0 Å². The van der Waals surface area contributed by atoms with Crippen molar-refractivity contribution < 1.29 is 9.63 Å². The van der Waals surface area contributed by atoms with E-state index in [2.05, 4.69) is 10.6 Å². The number of hydroxylamine groups is 1. The van der Waals surface area contributed by atoms with Crippen LogP contribution in [-0.2, 0) is 18.3 Å². The van der Waals surface area contributed by atoms with Crippen LogP contribution >= 0.6 is 0 Å². The molecule has 5 nitrogen and oxygen atoms in total. The van der Waals surface area contributed by atoms with Crippen molar-refractivity contribution in [2.45, 2.75) is 27.2 Å². The highest BCUT2D eigenvalue weighted by Gasteiger charge is 2.12. The lowest BCUT2D eigenvalue weighted by Crippen LogP contribution is -2.27. The van der Waals surface area contributed by atoms with Gasteiger partial charge in [0, 0.05) is 7.05 Å². The summed E-state index contributed by atoms with van der Waals surface area (Å²) in [6.07, 6.45) is 0.813. The molecule has 5 heteroatoms. The molecule has 0 aliphatic carbocycles. The van der Waals surface area contributed by atoms with Gasteiger partial charge >= 0.3 is 0 Å². The van der Waals surface area contributed by atoms with E-state index in [0.717, 1.165) is 12.1 Å². The van der Waals surface area contributed by atoms with Gasteiger partial charge in [-0.3, -0.25) is 14.3 Å². The molecule has 1 heterocycles. The fourth-order valence-corrected chi connectivity index (χ4v) is 1.24. The van der Waals surface area contributed by atoms with Crippen molar-refractivity contribution in [2.24, 2.45) is 13.0 Å². The normalized spacial score (nSPS) is 10.8. The average molecular weight is 225 g/mol. The first-order valence-corrected chi connectivity index (χ1v) is 5.49. The summed E-state index contributed by atoms with van der Waals surface area (Å²) in [5, 5.41) is 4.19. The first-order chi connectivity index (χ1) is 7.54. The van der Waals surface area contributed by atoms with Gasteiger partial charge in [-0.1, -0.05) is 20.8 Å². The molecule has 1 amide bonds. The maximum absolute atomic E-state index is 11.7. The van der Waals surface area contributed by atoms with Gasteiger partial charge in [0.2, 0.25) is 0 Å². The first kappa shape index (κ1) is 12.7. The quantitative estimate of drug-likeness (QED) is 0.768. The zero-order valence-corrected chi connectivity index (χ0v) is 10.3. The van der Waals surface area contributed by atoms with Crippen molar-refractivity contribution in [3.05, 3.63) is 17.5 Å². The number of nitrogens with zero attached hydrogens (tertiary/aromatic N) is 2. The van der Waals surface area contributed by atoms with Crippen molar-refractivity contribution in [1.82, 2.24) is 15.3 Å². The molecule has 1 rings (SSSR count). The van der Waals surface area contributed by atoms with Crippen LogP contribution in [0.4, 0.5) is 0 Å². The van der Waals surface area contributed by atoms with E-state index >= 15 is 0 Å². The van der Waals surface area contributed by atoms with E-state index in [1.54, 1.807) is 17.8 Å². The van der Waals surface area contributed by atoms with Crippen molar-refractivity contribution >= 4 is 5.91 Å². The van der Waals surface area contributed by atoms with E-state index in [-0.39, 0.29) is 5.91 Å². The second-order valence-corrected chi connectivity index (χ2v) is 4.13. The molecule has 0 fully saturated rings. The molecule has 0 saturated carbocycles. The lowest BCUT2D eigenvalue weighted by Gasteiger charge is -2.07. The van der Waals surface area contributed by atoms with Crippen molar-refractivity contribution in [3.63, 3.8) is 0 Å². The van der Waals surface area contributed by atoms with Gasteiger partial charge in [0.05, 0.1) is 12.3 Å². The molecular formula is C11H19N3O2. The minimum atomic E-state index is -0.254. The van der Waals surface area contributed by atoms with E-state index < -0.39 is 0 Å². The van der Waals surface area contributed by atoms with Gasteiger partial charge in [0.25, 0.3) is 5.91 Å². The summed E-state index contributed by atoms with van der Waals surface area (Å²) in [6.45, 7) is 6.54. The van der Waals surface area contributed by atoms with Gasteiger partial charge in [0.1, 0.15) is 5.69 Å². The Labute approximate surface area is 95.7 Å². The third-order valence-electron chi connectivity index (χ3n) is 2.11. The third-order valence-corrected chi connectivity index (χ3v) is 2.11. The van der Waals surface area contributed by atoms with Gasteiger partial charge in [-0.05, 0) is 18.4 Å². The number of hydrogen-bond donors (Lipinski definition) is 1. The number of carbonyl (C=O) groups is 1. The maximum Gasteiger partial charge on any atom is 0.293 e. The second-order valence-electron chi connectivity index (χ2n) is 4.13. The molecule has 0 radical (unpaired) electrons. The van der Waals surface area contributed by atoms with Crippen molar-refractivity contribution in [2.75, 3.05) is 6.61 Å². The summed E-state index contributed by atoms with van der Waals surface area (Å²) < 4.78 is 1.56. The zero-order valence-electron chi connectivity index (χ0n) is 10.3. The Morgan fingerprint density at radius 3 is 2.81 bits per heavy atom. The molecule has 90 valence electrons. The molecule has 1 N–H and O–H groups in total. The molecular weight excluding hydrogens is 206 g/mol. The molecule has 0 aromatic carbocycles. The van der Waals surface area contributed by atoms with Crippen molar-refractivity contribution in [1.29, 1.82) is 0 Å². The largest absolute Gasteiger partial charge is 0.293 e. The van der Waals surface area contributed by atoms with Gasteiger partial charge < -0.3 is 0 Å². The van der Waals surface area contributed by atoms with Crippen LogP contribution in [-0.4, -0.2) is 22.3 Å². The molecule has 1 aromatic rings. The summed E-state index contributed by atoms with van der Waals surface area (Å²) in [5.41, 5.74) is 3.82. The molecule has 0 atom stereocenters. The topological polar surface area (TPSA) is 56.1 Å². The highest BCUT2D eigenvalue weighted by atomic mass is 16.6. The van der Waals surface area contributed by atoms with Crippen LogP contribution in [0.1, 0.15) is 37.0 Å². The number of nitrogens with one attached hydrogen (secondary N) is 1. The Kier molecular flexibility index (Phi) is 4.49. The van der Waals surface area contributed by atoms with Gasteiger partial charge in [-0.15, -0.1) is 0 Å². The summed E-state index contributed by atoms with van der Waals surface area (Å²) in [7, 11) is 1.75. The molecule has 0 saturated heterocycles. The Morgan fingerprint density at radius 2 is 2.31 bits per heavy atom. The highest BCUT2D eigenvalue weighted by Crippen LogP contribution is 2.03. The van der Waals surface area contributed by atoms with E-state index in [1.807, 2.05) is 20.8 Å². The second kappa shape index (κ2) is 5.65. The Bertz CT molecular complexity index is 358. The summed E-state index contributed by atoms with van der Waals surface area (Å²) in [4.78, 5) is 16.7. The number of amides is 1. The molecule has 1 aromatic heterocycles. The maximum atomic E-state index is 11.7. The number of aryl methyl sites for hydroxylation is 2. The number of rotatable bonds is 5. The van der Waals surface area contributed by atoms with Crippen LogP contribution in [0.15, 0.2) is 6.07 Å². The molecule has 0 bridgehead atoms. The van der Waals surface area contributed by atoms with E-state index in [9.17, 15) is 4.79 Å². The molecule has 0 unspecified atom stereocenters. The zero-order chi connectivity index (χ0) is 12.1. The predicted octanol–water partition coefficient (Wildman–Crippen LogP) is 1.30. The lowest BCUT2D eigenvalue weighted by molar-refractivity contribution is 0.0201. The Balaban J connectivity index is 2.55. The average Bonchev–Trinajstić information content (AvgIpc) is 2.59. The van der Waals surface area contributed by atoms with E-state index in [1.165, 1.54) is 0 Å². The molecule has 0 aliphatic rings. The van der Waals surface area contributed by atoms with Gasteiger partial charge in [-0.2, -0.15) is 5.10 Å². The van der Waals surface area contributed by atoms with E-state index in [0.29, 0.717) is 18.2 Å². The summed E-state index contributed by atoms with van der Waals surface area (Å²) in [6, 6.07) is 1.77. The smallest absolute Gasteiger partial charge is 0.273 e. The predicted molar refractivity (Wildman–Crippen MR) is 60.8 cm³/mol. The Morgan fingerprint density at radius 1 is 1.62 bits per heavy atom. The number of carbonyl (C=O) groups excluding carboxylic acids is 1. The number of hydrogen-bond acceptors (Lipinski definition) is 3. The van der Waals surface area contributed by atoms with Crippen LogP contribution in [0.2, 0.25) is 0 Å². The summed E-state index contributed by atoms with van der Waals surface area (Å²) in [5.74, 6) is 0.133. The first-order valence-electron chi connectivity index (χ1n) is 5.49. The standard InChI is InChI=1S/C11H19N3O2/c1-5-9-6-10(14(4)12-9)11(15)13-16-7-8(2)3/h6,8H,5,7H2,1-4H3,(H,13,15). The number of aromatic nitrogens is 2. The van der Waals surface area contributed by atoms with Crippen LogP contribution in [0.5, 0.6) is 0 Å². The van der Waals surface area contributed by atoms with Crippen LogP contribution < -0.4 is 5.48 Å². The van der Waals surface area contributed by atoms with Crippen LogP contribution in [0.25, 0.3) is 0 Å². The third kappa shape index (κ3) is 3.34. The Hall–Kier alpha value is -1.36. The monoisotopic (exact) mass is 225 g/mol. The van der Waals surface area contributed by atoms with E-state index in [4.69, 9.17) is 4.84 Å². The summed E-state index contributed by atoms with van der Waals surface area (Å²) >= 11 is 0. The van der Waals surface area contributed by atoms with Crippen LogP contribution in [0.3, 0.4) is 0 Å². The van der Waals surface area contributed by atoms with Gasteiger partial charge in [0.15, 0.2) is 0 Å². The highest BCUT2D eigenvalue weighted by molar-refractivity contribution is 5.91. The van der Waals surface area contributed by atoms with Crippen LogP contribution in [0, 0.1) is 5.92 Å². The van der Waals surface area contributed by atoms with Gasteiger partial charge in [-0.25, -0.2) is 5.48 Å². The fourth-order valence-electron chi connectivity index (χ4n) is 1.24. The molecule has 0 aliphatic heterocycles.